The largest absolute Gasteiger partial charge is 0.465 e. The summed E-state index contributed by atoms with van der Waals surface area (Å²) in [7, 11) is 1.25. The minimum Gasteiger partial charge on any atom is -0.465 e. The van der Waals surface area contributed by atoms with Crippen molar-refractivity contribution < 1.29 is 23.9 Å². The Bertz CT molecular complexity index is 1090. The Morgan fingerprint density at radius 1 is 1.00 bits per heavy atom. The predicted octanol–water partition coefficient (Wildman–Crippen LogP) is 3.22. The summed E-state index contributed by atoms with van der Waals surface area (Å²) in [4.78, 5) is 40.0. The van der Waals surface area contributed by atoms with Gasteiger partial charge in [0, 0.05) is 11.5 Å². The molecule has 146 valence electrons. The lowest BCUT2D eigenvalue weighted by atomic mass is 10.2. The molecule has 0 saturated carbocycles. The third-order valence-corrected chi connectivity index (χ3v) is 3.96. The van der Waals surface area contributed by atoms with Crippen LogP contribution in [-0.2, 0) is 19.1 Å². The van der Waals surface area contributed by atoms with E-state index in [9.17, 15) is 14.4 Å². The van der Waals surface area contributed by atoms with Crippen molar-refractivity contribution in [1.82, 2.24) is 4.98 Å². The highest BCUT2D eigenvalue weighted by Crippen LogP contribution is 2.16. The number of hydrogen-bond acceptors (Lipinski definition) is 6. The van der Waals surface area contributed by atoms with Crippen molar-refractivity contribution >= 4 is 40.5 Å². The minimum absolute atomic E-state index is 0.206. The SMILES string of the molecule is COC(=O)c1ccccc1NC(=O)COC(=O)/C=C/c1ccc2ccccc2n1. The molecular formula is C22H18N2O5. The molecule has 0 aliphatic rings. The zero-order valence-electron chi connectivity index (χ0n) is 15.6. The highest BCUT2D eigenvalue weighted by molar-refractivity contribution is 6.02. The lowest BCUT2D eigenvalue weighted by Crippen LogP contribution is -2.21. The number of nitrogens with zero attached hydrogens (tertiary/aromatic N) is 1. The number of nitrogens with one attached hydrogen (secondary N) is 1. The highest BCUT2D eigenvalue weighted by Gasteiger charge is 2.14. The maximum absolute atomic E-state index is 12.0. The van der Waals surface area contributed by atoms with E-state index in [1.807, 2.05) is 30.3 Å². The number of rotatable bonds is 6. The van der Waals surface area contributed by atoms with E-state index in [1.54, 1.807) is 24.3 Å². The van der Waals surface area contributed by atoms with Crippen LogP contribution in [0.25, 0.3) is 17.0 Å². The smallest absolute Gasteiger partial charge is 0.339 e. The molecular weight excluding hydrogens is 372 g/mol. The lowest BCUT2D eigenvalue weighted by Gasteiger charge is -2.09. The Morgan fingerprint density at radius 2 is 1.76 bits per heavy atom. The number of ether oxygens (including phenoxy) is 2. The Labute approximate surface area is 167 Å². The predicted molar refractivity (Wildman–Crippen MR) is 108 cm³/mol. The van der Waals surface area contributed by atoms with Crippen LogP contribution in [0.1, 0.15) is 16.1 Å². The van der Waals surface area contributed by atoms with Gasteiger partial charge in [0.1, 0.15) is 0 Å². The molecule has 2 aromatic carbocycles. The number of methoxy groups -OCH3 is 1. The van der Waals surface area contributed by atoms with Gasteiger partial charge in [-0.15, -0.1) is 0 Å². The molecule has 0 aliphatic heterocycles. The van der Waals surface area contributed by atoms with E-state index in [4.69, 9.17) is 4.74 Å². The number of para-hydroxylation sites is 2. The zero-order valence-corrected chi connectivity index (χ0v) is 15.6. The third-order valence-electron chi connectivity index (χ3n) is 3.96. The first-order chi connectivity index (χ1) is 14.1. The topological polar surface area (TPSA) is 94.6 Å². The molecule has 0 aliphatic carbocycles. The molecule has 29 heavy (non-hydrogen) atoms. The molecule has 0 radical (unpaired) electrons. The van der Waals surface area contributed by atoms with Crippen LogP contribution in [0.4, 0.5) is 5.69 Å². The number of hydrogen-bond donors (Lipinski definition) is 1. The van der Waals surface area contributed by atoms with E-state index in [1.165, 1.54) is 25.3 Å². The Morgan fingerprint density at radius 3 is 2.59 bits per heavy atom. The van der Waals surface area contributed by atoms with Gasteiger partial charge in [0.2, 0.25) is 0 Å². The molecule has 1 heterocycles. The Balaban J connectivity index is 1.55. The summed E-state index contributed by atoms with van der Waals surface area (Å²) in [6, 6.07) is 17.7. The standard InChI is InChI=1S/C22H18N2O5/c1-28-22(27)17-7-3-5-9-19(17)24-20(25)14-29-21(26)13-12-16-11-10-15-6-2-4-8-18(15)23-16/h2-13H,14H2,1H3,(H,24,25)/b13-12+. The summed E-state index contributed by atoms with van der Waals surface area (Å²) in [5, 5.41) is 3.52. The van der Waals surface area contributed by atoms with Gasteiger partial charge in [0.15, 0.2) is 6.61 Å². The summed E-state index contributed by atoms with van der Waals surface area (Å²) in [5.41, 5.74) is 1.89. The first-order valence-corrected chi connectivity index (χ1v) is 8.74. The number of fused-ring (bicyclic) bond motifs is 1. The van der Waals surface area contributed by atoms with Gasteiger partial charge in [-0.1, -0.05) is 36.4 Å². The van der Waals surface area contributed by atoms with E-state index < -0.39 is 24.5 Å². The van der Waals surface area contributed by atoms with E-state index in [0.29, 0.717) is 5.69 Å². The van der Waals surface area contributed by atoms with Crippen LogP contribution in [0.2, 0.25) is 0 Å². The average Bonchev–Trinajstić information content (AvgIpc) is 2.76. The van der Waals surface area contributed by atoms with E-state index in [0.717, 1.165) is 10.9 Å². The summed E-state index contributed by atoms with van der Waals surface area (Å²) in [6.07, 6.45) is 2.71. The molecule has 0 spiro atoms. The van der Waals surface area contributed by atoms with Crippen LogP contribution in [-0.4, -0.2) is 36.5 Å². The summed E-state index contributed by atoms with van der Waals surface area (Å²) >= 11 is 0. The van der Waals surface area contributed by atoms with Crippen LogP contribution in [0.15, 0.2) is 66.7 Å². The van der Waals surface area contributed by atoms with Crippen LogP contribution < -0.4 is 5.32 Å². The van der Waals surface area contributed by atoms with Crippen LogP contribution >= 0.6 is 0 Å². The first-order valence-electron chi connectivity index (χ1n) is 8.74. The highest BCUT2D eigenvalue weighted by atomic mass is 16.5. The molecule has 0 unspecified atom stereocenters. The molecule has 3 aromatic rings. The summed E-state index contributed by atoms with van der Waals surface area (Å²) in [5.74, 6) is -1.84. The van der Waals surface area contributed by atoms with Gasteiger partial charge < -0.3 is 14.8 Å². The number of anilines is 1. The van der Waals surface area contributed by atoms with Crippen molar-refractivity contribution in [3.8, 4) is 0 Å². The van der Waals surface area contributed by atoms with Crippen molar-refractivity contribution in [2.75, 3.05) is 19.0 Å². The van der Waals surface area contributed by atoms with Gasteiger partial charge in [0.05, 0.1) is 29.6 Å². The minimum atomic E-state index is -0.684. The molecule has 1 N–H and O–H groups in total. The van der Waals surface area contributed by atoms with Crippen LogP contribution in [0, 0.1) is 0 Å². The van der Waals surface area contributed by atoms with Crippen molar-refractivity contribution in [1.29, 1.82) is 0 Å². The maximum Gasteiger partial charge on any atom is 0.339 e. The molecule has 0 bridgehead atoms. The molecule has 0 saturated heterocycles. The number of benzene rings is 2. The fourth-order valence-corrected chi connectivity index (χ4v) is 2.58. The molecule has 1 amide bonds. The van der Waals surface area contributed by atoms with Gasteiger partial charge >= 0.3 is 11.9 Å². The molecule has 3 rings (SSSR count). The second kappa shape index (κ2) is 9.27. The summed E-state index contributed by atoms with van der Waals surface area (Å²) in [6.45, 7) is -0.496. The third kappa shape index (κ3) is 5.26. The van der Waals surface area contributed by atoms with E-state index >= 15 is 0 Å². The Kier molecular flexibility index (Phi) is 6.32. The molecule has 0 fully saturated rings. The number of pyridine rings is 1. The molecule has 7 heteroatoms. The van der Waals surface area contributed by atoms with Crippen molar-refractivity contribution in [3.05, 3.63) is 78.0 Å². The molecule has 7 nitrogen and oxygen atoms in total. The average molecular weight is 390 g/mol. The normalized spacial score (nSPS) is 10.7. The number of carbonyl (C=O) groups excluding carboxylic acids is 3. The maximum atomic E-state index is 12.0. The number of esters is 2. The van der Waals surface area contributed by atoms with Gasteiger partial charge in [-0.05, 0) is 30.3 Å². The number of carbonyl (C=O) groups is 3. The van der Waals surface area contributed by atoms with Crippen molar-refractivity contribution in [3.63, 3.8) is 0 Å². The summed E-state index contributed by atoms with van der Waals surface area (Å²) < 4.78 is 9.60. The molecule has 0 atom stereocenters. The van der Waals surface area contributed by atoms with Gasteiger partial charge in [-0.25, -0.2) is 14.6 Å². The van der Waals surface area contributed by atoms with Crippen LogP contribution in [0.5, 0.6) is 0 Å². The Hall–Kier alpha value is -4.00. The number of aromatic nitrogens is 1. The first kappa shape index (κ1) is 19.8. The second-order valence-corrected chi connectivity index (χ2v) is 5.96. The van der Waals surface area contributed by atoms with Gasteiger partial charge in [-0.2, -0.15) is 0 Å². The monoisotopic (exact) mass is 390 g/mol. The number of amides is 1. The van der Waals surface area contributed by atoms with Crippen molar-refractivity contribution in [2.24, 2.45) is 0 Å². The fourth-order valence-electron chi connectivity index (χ4n) is 2.58. The fraction of sp³-hybridized carbons (Fsp3) is 0.0909. The zero-order chi connectivity index (χ0) is 20.6. The van der Waals surface area contributed by atoms with Gasteiger partial charge in [-0.3, -0.25) is 4.79 Å². The van der Waals surface area contributed by atoms with E-state index in [2.05, 4.69) is 15.0 Å². The quantitative estimate of drug-likeness (QED) is 0.513. The lowest BCUT2D eigenvalue weighted by molar-refractivity contribution is -0.142. The van der Waals surface area contributed by atoms with Crippen LogP contribution in [0.3, 0.4) is 0 Å². The van der Waals surface area contributed by atoms with Crippen molar-refractivity contribution in [2.45, 2.75) is 0 Å². The van der Waals surface area contributed by atoms with E-state index in [-0.39, 0.29) is 11.3 Å². The van der Waals surface area contributed by atoms with Gasteiger partial charge in [0.25, 0.3) is 5.91 Å². The second-order valence-electron chi connectivity index (χ2n) is 5.96. The molecule has 1 aromatic heterocycles.